The van der Waals surface area contributed by atoms with Gasteiger partial charge in [-0.1, -0.05) is 60.8 Å². The zero-order chi connectivity index (χ0) is 24.0. The minimum absolute atomic E-state index is 0.0666. The molecule has 0 aromatic rings. The van der Waals surface area contributed by atoms with E-state index in [2.05, 4.69) is 46.9 Å². The van der Waals surface area contributed by atoms with Crippen molar-refractivity contribution in [3.63, 3.8) is 0 Å². The van der Waals surface area contributed by atoms with Crippen LogP contribution >= 0.6 is 0 Å². The molecule has 0 saturated heterocycles. The van der Waals surface area contributed by atoms with E-state index in [-0.39, 0.29) is 17.6 Å². The Morgan fingerprint density at radius 1 is 0.970 bits per heavy atom. The van der Waals surface area contributed by atoms with Crippen LogP contribution in [0.3, 0.4) is 0 Å². The Kier molecular flexibility index (Phi) is 7.66. The number of nitrogens with one attached hydrogen (secondary N) is 1. The first-order valence-electron chi connectivity index (χ1n) is 14.7. The molecule has 3 N–H and O–H groups in total. The summed E-state index contributed by atoms with van der Waals surface area (Å²) in [6, 6.07) is 0.128. The average molecular weight is 462 g/mol. The van der Waals surface area contributed by atoms with Crippen LogP contribution in [0.4, 0.5) is 0 Å². The predicted octanol–water partition coefficient (Wildman–Crippen LogP) is 6.56. The van der Waals surface area contributed by atoms with E-state index in [1.54, 1.807) is 0 Å². The Hall–Kier alpha value is -0.120. The van der Waals surface area contributed by atoms with Crippen molar-refractivity contribution in [3.8, 4) is 0 Å². The van der Waals surface area contributed by atoms with Crippen LogP contribution in [0.25, 0.3) is 0 Å². The second-order valence-electron chi connectivity index (χ2n) is 13.9. The first kappa shape index (κ1) is 26.0. The van der Waals surface area contributed by atoms with E-state index >= 15 is 0 Å². The molecule has 0 aliphatic heterocycles. The molecule has 4 rings (SSSR count). The molecule has 0 aromatic heterocycles. The molecule has 192 valence electrons. The Bertz CT molecular complexity index is 666. The van der Waals surface area contributed by atoms with Gasteiger partial charge in [0.05, 0.1) is 11.7 Å². The zero-order valence-electron chi connectivity index (χ0n) is 22.7. The number of aliphatic hydroxyl groups is 2. The summed E-state index contributed by atoms with van der Waals surface area (Å²) in [4.78, 5) is 0. The highest BCUT2D eigenvalue weighted by atomic mass is 16.3. The summed E-state index contributed by atoms with van der Waals surface area (Å²) in [5.74, 6) is 4.69. The molecule has 4 aliphatic carbocycles. The molecule has 0 unspecified atom stereocenters. The van der Waals surface area contributed by atoms with Crippen molar-refractivity contribution in [2.24, 2.45) is 46.3 Å². The standard InChI is InChI=1S/C30H55NO2/c1-7-17-31-27-18-23-25-12-11-24(21(4)10-8-9-20(2)3)28(25,5)15-14-26(23)29(6)16-13-22(32)19-30(27,29)33/h20-27,31-33H,7-19H2,1-6H3/t21-,22+,23+,24-,25+,26+,27-,28-,29-,30+/m1/s1. The Morgan fingerprint density at radius 3 is 2.42 bits per heavy atom. The smallest absolute Gasteiger partial charge is 0.0880 e. The van der Waals surface area contributed by atoms with E-state index in [1.807, 2.05) is 0 Å². The molecule has 0 amide bonds. The Labute approximate surface area is 204 Å². The third-order valence-corrected chi connectivity index (χ3v) is 11.7. The molecular formula is C30H55NO2. The largest absolute Gasteiger partial charge is 0.393 e. The summed E-state index contributed by atoms with van der Waals surface area (Å²) in [5.41, 5.74) is -0.354. The van der Waals surface area contributed by atoms with Crippen molar-refractivity contribution in [3.05, 3.63) is 0 Å². The van der Waals surface area contributed by atoms with Crippen molar-refractivity contribution < 1.29 is 10.2 Å². The monoisotopic (exact) mass is 461 g/mol. The topological polar surface area (TPSA) is 52.5 Å². The highest BCUT2D eigenvalue weighted by Gasteiger charge is 2.67. The van der Waals surface area contributed by atoms with Gasteiger partial charge < -0.3 is 15.5 Å². The maximum Gasteiger partial charge on any atom is 0.0880 e. The first-order valence-corrected chi connectivity index (χ1v) is 14.7. The summed E-state index contributed by atoms with van der Waals surface area (Å²) in [6.07, 6.45) is 13.9. The van der Waals surface area contributed by atoms with Gasteiger partial charge in [-0.3, -0.25) is 0 Å². The fourth-order valence-corrected chi connectivity index (χ4v) is 9.89. The highest BCUT2D eigenvalue weighted by molar-refractivity contribution is 5.18. The number of hydrogen-bond acceptors (Lipinski definition) is 3. The number of fused-ring (bicyclic) bond motifs is 5. The van der Waals surface area contributed by atoms with E-state index in [0.29, 0.717) is 17.8 Å². The Balaban J connectivity index is 1.56. The molecule has 10 atom stereocenters. The van der Waals surface area contributed by atoms with Crippen LogP contribution in [0.15, 0.2) is 0 Å². The normalized spacial score (nSPS) is 48.3. The van der Waals surface area contributed by atoms with Gasteiger partial charge >= 0.3 is 0 Å². The van der Waals surface area contributed by atoms with Crippen LogP contribution in [-0.2, 0) is 0 Å². The van der Waals surface area contributed by atoms with E-state index in [1.165, 1.54) is 44.9 Å². The molecule has 0 heterocycles. The van der Waals surface area contributed by atoms with E-state index in [9.17, 15) is 10.2 Å². The minimum atomic E-state index is -0.767. The summed E-state index contributed by atoms with van der Waals surface area (Å²) in [7, 11) is 0. The lowest BCUT2D eigenvalue weighted by Crippen LogP contribution is -2.71. The fraction of sp³-hybridized carbons (Fsp3) is 1.00. The van der Waals surface area contributed by atoms with Gasteiger partial charge in [-0.25, -0.2) is 0 Å². The van der Waals surface area contributed by atoms with Crippen LogP contribution < -0.4 is 5.32 Å². The molecule has 3 heteroatoms. The lowest BCUT2D eigenvalue weighted by atomic mass is 9.42. The maximum atomic E-state index is 12.2. The van der Waals surface area contributed by atoms with Gasteiger partial charge in [-0.2, -0.15) is 0 Å². The van der Waals surface area contributed by atoms with Crippen LogP contribution in [0.1, 0.15) is 119 Å². The second kappa shape index (κ2) is 9.74. The average Bonchev–Trinajstić information content (AvgIpc) is 3.10. The molecule has 0 aromatic carbocycles. The first-order chi connectivity index (χ1) is 15.6. The SMILES string of the molecule is CCCN[C@@H]1C[C@H]2[C@@H]3CC[C@H]([C@H](C)CCCC(C)C)[C@@]3(C)CC[C@@H]2[C@@]2(C)CC[C@H](O)C[C@]12O. The Morgan fingerprint density at radius 2 is 1.73 bits per heavy atom. The molecule has 3 nitrogen and oxygen atoms in total. The molecule has 4 fully saturated rings. The number of hydrogen-bond donors (Lipinski definition) is 3. The van der Waals surface area contributed by atoms with Crippen LogP contribution in [0.2, 0.25) is 0 Å². The summed E-state index contributed by atoms with van der Waals surface area (Å²) >= 11 is 0. The van der Waals surface area contributed by atoms with Crippen molar-refractivity contribution in [1.82, 2.24) is 5.32 Å². The van der Waals surface area contributed by atoms with E-state index < -0.39 is 5.60 Å². The van der Waals surface area contributed by atoms with Gasteiger partial charge in [0.1, 0.15) is 0 Å². The highest BCUT2D eigenvalue weighted by Crippen LogP contribution is 2.69. The quantitative estimate of drug-likeness (QED) is 0.383. The molecule has 4 aliphatic rings. The zero-order valence-corrected chi connectivity index (χ0v) is 22.7. The third-order valence-electron chi connectivity index (χ3n) is 11.7. The van der Waals surface area contributed by atoms with E-state index in [4.69, 9.17) is 0 Å². The third kappa shape index (κ3) is 4.35. The van der Waals surface area contributed by atoms with Crippen molar-refractivity contribution in [1.29, 1.82) is 0 Å². The van der Waals surface area contributed by atoms with E-state index in [0.717, 1.165) is 61.8 Å². The van der Waals surface area contributed by atoms with Crippen LogP contribution in [-0.4, -0.2) is 34.5 Å². The van der Waals surface area contributed by atoms with Gasteiger partial charge in [-0.05, 0) is 98.8 Å². The molecule has 0 bridgehead atoms. The maximum absolute atomic E-state index is 12.2. The lowest BCUT2D eigenvalue weighted by Gasteiger charge is -2.66. The second-order valence-corrected chi connectivity index (χ2v) is 13.9. The molecular weight excluding hydrogens is 406 g/mol. The molecule has 0 spiro atoms. The summed E-state index contributed by atoms with van der Waals surface area (Å²) in [6.45, 7) is 15.5. The van der Waals surface area contributed by atoms with Gasteiger partial charge in [0.15, 0.2) is 0 Å². The summed E-state index contributed by atoms with van der Waals surface area (Å²) in [5, 5.41) is 26.6. The fourth-order valence-electron chi connectivity index (χ4n) is 9.89. The summed E-state index contributed by atoms with van der Waals surface area (Å²) < 4.78 is 0. The van der Waals surface area contributed by atoms with Crippen molar-refractivity contribution >= 4 is 0 Å². The van der Waals surface area contributed by atoms with Gasteiger partial charge in [0.2, 0.25) is 0 Å². The number of rotatable bonds is 8. The minimum Gasteiger partial charge on any atom is -0.393 e. The van der Waals surface area contributed by atoms with Crippen molar-refractivity contribution in [2.75, 3.05) is 6.54 Å². The molecule has 4 saturated carbocycles. The molecule has 33 heavy (non-hydrogen) atoms. The van der Waals surface area contributed by atoms with Gasteiger partial charge in [0, 0.05) is 17.9 Å². The number of aliphatic hydroxyl groups excluding tert-OH is 1. The van der Waals surface area contributed by atoms with Gasteiger partial charge in [0.25, 0.3) is 0 Å². The van der Waals surface area contributed by atoms with Crippen molar-refractivity contribution in [2.45, 2.75) is 136 Å². The lowest BCUT2D eigenvalue weighted by molar-refractivity contribution is -0.234. The van der Waals surface area contributed by atoms with Crippen LogP contribution in [0, 0.1) is 46.3 Å². The molecule has 0 radical (unpaired) electrons. The van der Waals surface area contributed by atoms with Crippen LogP contribution in [0.5, 0.6) is 0 Å². The predicted molar refractivity (Wildman–Crippen MR) is 138 cm³/mol. The van der Waals surface area contributed by atoms with Gasteiger partial charge in [-0.15, -0.1) is 0 Å².